The van der Waals surface area contributed by atoms with Crippen LogP contribution in [-0.4, -0.2) is 5.54 Å². The Morgan fingerprint density at radius 2 is 1.67 bits per heavy atom. The third-order valence-corrected chi connectivity index (χ3v) is 5.11. The van der Waals surface area contributed by atoms with Crippen LogP contribution in [0.3, 0.4) is 0 Å². The van der Waals surface area contributed by atoms with E-state index in [0.717, 1.165) is 17.8 Å². The summed E-state index contributed by atoms with van der Waals surface area (Å²) in [5.74, 6) is 2.47. The van der Waals surface area contributed by atoms with Gasteiger partial charge in [0.05, 0.1) is 0 Å². The molecule has 1 heteroatoms. The van der Waals surface area contributed by atoms with Crippen LogP contribution in [0, 0.1) is 17.8 Å². The summed E-state index contributed by atoms with van der Waals surface area (Å²) in [6.45, 7) is 4.78. The van der Waals surface area contributed by atoms with Gasteiger partial charge >= 0.3 is 0 Å². The molecule has 3 unspecified atom stereocenters. The van der Waals surface area contributed by atoms with Crippen LogP contribution in [-0.2, 0) is 0 Å². The van der Waals surface area contributed by atoms with Crippen molar-refractivity contribution >= 4 is 0 Å². The van der Waals surface area contributed by atoms with Crippen molar-refractivity contribution in [3.63, 3.8) is 0 Å². The summed E-state index contributed by atoms with van der Waals surface area (Å²) in [5, 5.41) is 0. The highest BCUT2D eigenvalue weighted by Gasteiger charge is 2.42. The van der Waals surface area contributed by atoms with Gasteiger partial charge in [-0.3, -0.25) is 0 Å². The molecule has 0 heterocycles. The monoisotopic (exact) mass is 209 g/mol. The Morgan fingerprint density at radius 1 is 1.00 bits per heavy atom. The molecule has 2 N–H and O–H groups in total. The zero-order valence-corrected chi connectivity index (χ0v) is 10.5. The summed E-state index contributed by atoms with van der Waals surface area (Å²) < 4.78 is 0. The predicted molar refractivity (Wildman–Crippen MR) is 65.7 cm³/mol. The lowest BCUT2D eigenvalue weighted by molar-refractivity contribution is 0.0787. The van der Waals surface area contributed by atoms with Crippen molar-refractivity contribution in [1.82, 2.24) is 0 Å². The molecule has 3 atom stereocenters. The van der Waals surface area contributed by atoms with Crippen molar-refractivity contribution in [1.29, 1.82) is 0 Å². The fourth-order valence-electron chi connectivity index (χ4n) is 3.93. The molecule has 0 saturated heterocycles. The summed E-state index contributed by atoms with van der Waals surface area (Å²) in [6.07, 6.45) is 11.1. The highest BCUT2D eigenvalue weighted by atomic mass is 14.8. The molecule has 2 aliphatic rings. The largest absolute Gasteiger partial charge is 0.325 e. The quantitative estimate of drug-likeness (QED) is 0.700. The van der Waals surface area contributed by atoms with Gasteiger partial charge in [0.25, 0.3) is 0 Å². The maximum atomic E-state index is 6.74. The van der Waals surface area contributed by atoms with Crippen LogP contribution >= 0.6 is 0 Å². The Kier molecular flexibility index (Phi) is 3.39. The minimum atomic E-state index is 0.187. The molecule has 15 heavy (non-hydrogen) atoms. The Labute approximate surface area is 94.8 Å². The zero-order valence-electron chi connectivity index (χ0n) is 10.5. The molecule has 0 aromatic carbocycles. The van der Waals surface area contributed by atoms with Crippen molar-refractivity contribution in [3.05, 3.63) is 0 Å². The number of rotatable bonds is 1. The second-order valence-corrected chi connectivity index (χ2v) is 6.23. The molecule has 2 saturated carbocycles. The summed E-state index contributed by atoms with van der Waals surface area (Å²) in [5.41, 5.74) is 6.93. The van der Waals surface area contributed by atoms with Crippen LogP contribution in [0.15, 0.2) is 0 Å². The van der Waals surface area contributed by atoms with Crippen LogP contribution < -0.4 is 5.73 Å². The lowest BCUT2D eigenvalue weighted by Gasteiger charge is -2.48. The van der Waals surface area contributed by atoms with Gasteiger partial charge in [-0.05, 0) is 49.9 Å². The lowest BCUT2D eigenvalue weighted by Crippen LogP contribution is -2.55. The van der Waals surface area contributed by atoms with Crippen LogP contribution in [0.4, 0.5) is 0 Å². The number of hydrogen-bond acceptors (Lipinski definition) is 1. The first-order chi connectivity index (χ1) is 7.13. The van der Waals surface area contributed by atoms with Crippen molar-refractivity contribution in [3.8, 4) is 0 Å². The molecule has 2 rings (SSSR count). The van der Waals surface area contributed by atoms with E-state index in [-0.39, 0.29) is 5.54 Å². The molecule has 0 spiro atoms. The second-order valence-electron chi connectivity index (χ2n) is 6.23. The first-order valence-corrected chi connectivity index (χ1v) is 6.92. The van der Waals surface area contributed by atoms with E-state index in [4.69, 9.17) is 5.73 Å². The predicted octanol–water partition coefficient (Wildman–Crippen LogP) is 3.72. The Balaban J connectivity index is 2.03. The van der Waals surface area contributed by atoms with Crippen LogP contribution in [0.25, 0.3) is 0 Å². The average Bonchev–Trinajstić information content (AvgIpc) is 2.25. The van der Waals surface area contributed by atoms with Gasteiger partial charge in [0.1, 0.15) is 0 Å². The Morgan fingerprint density at radius 3 is 2.27 bits per heavy atom. The maximum absolute atomic E-state index is 6.74. The fourth-order valence-corrected chi connectivity index (χ4v) is 3.93. The van der Waals surface area contributed by atoms with E-state index in [1.54, 1.807) is 0 Å². The molecule has 1 nitrogen and oxygen atoms in total. The lowest BCUT2D eigenvalue weighted by atomic mass is 9.61. The van der Waals surface area contributed by atoms with E-state index in [1.807, 2.05) is 0 Å². The highest BCUT2D eigenvalue weighted by Crippen LogP contribution is 2.44. The first kappa shape index (κ1) is 11.4. The van der Waals surface area contributed by atoms with Gasteiger partial charge < -0.3 is 5.73 Å². The van der Waals surface area contributed by atoms with E-state index < -0.39 is 0 Å². The minimum Gasteiger partial charge on any atom is -0.325 e. The van der Waals surface area contributed by atoms with E-state index in [9.17, 15) is 0 Å². The van der Waals surface area contributed by atoms with Crippen LogP contribution in [0.2, 0.25) is 0 Å². The summed E-state index contributed by atoms with van der Waals surface area (Å²) in [4.78, 5) is 0. The summed E-state index contributed by atoms with van der Waals surface area (Å²) >= 11 is 0. The maximum Gasteiger partial charge on any atom is 0.0209 e. The molecule has 88 valence electrons. The van der Waals surface area contributed by atoms with Crippen molar-refractivity contribution in [2.45, 2.75) is 70.8 Å². The van der Waals surface area contributed by atoms with Crippen molar-refractivity contribution in [2.24, 2.45) is 23.5 Å². The number of hydrogen-bond donors (Lipinski definition) is 1. The SMILES string of the molecule is CC1CCC(N)(C2CCCCC2)C(C)C1. The highest BCUT2D eigenvalue weighted by molar-refractivity contribution is 4.99. The smallest absolute Gasteiger partial charge is 0.0209 e. The molecule has 0 aliphatic heterocycles. The molecule has 2 aliphatic carbocycles. The van der Waals surface area contributed by atoms with E-state index >= 15 is 0 Å². The van der Waals surface area contributed by atoms with E-state index in [0.29, 0.717) is 0 Å². The average molecular weight is 209 g/mol. The molecule has 0 aromatic heterocycles. The molecule has 0 radical (unpaired) electrons. The number of nitrogens with two attached hydrogens (primary N) is 1. The second kappa shape index (κ2) is 4.45. The summed E-state index contributed by atoms with van der Waals surface area (Å²) in [7, 11) is 0. The van der Waals surface area contributed by atoms with Gasteiger partial charge in [-0.2, -0.15) is 0 Å². The van der Waals surface area contributed by atoms with Gasteiger partial charge in [0, 0.05) is 5.54 Å². The van der Waals surface area contributed by atoms with Gasteiger partial charge in [-0.15, -0.1) is 0 Å². The van der Waals surface area contributed by atoms with Gasteiger partial charge in [0.2, 0.25) is 0 Å². The van der Waals surface area contributed by atoms with E-state index in [2.05, 4.69) is 13.8 Å². The Hall–Kier alpha value is -0.0400. The van der Waals surface area contributed by atoms with Crippen LogP contribution in [0.5, 0.6) is 0 Å². The minimum absolute atomic E-state index is 0.187. The molecular formula is C14H27N. The van der Waals surface area contributed by atoms with Crippen molar-refractivity contribution < 1.29 is 0 Å². The third-order valence-electron chi connectivity index (χ3n) is 5.11. The molecule has 2 fully saturated rings. The topological polar surface area (TPSA) is 26.0 Å². The molecule has 0 aromatic rings. The first-order valence-electron chi connectivity index (χ1n) is 6.92. The van der Waals surface area contributed by atoms with Gasteiger partial charge in [-0.25, -0.2) is 0 Å². The summed E-state index contributed by atoms with van der Waals surface area (Å²) in [6, 6.07) is 0. The fraction of sp³-hybridized carbons (Fsp3) is 1.00. The van der Waals surface area contributed by atoms with E-state index in [1.165, 1.54) is 51.4 Å². The Bertz CT molecular complexity index is 207. The van der Waals surface area contributed by atoms with Crippen molar-refractivity contribution in [2.75, 3.05) is 0 Å². The standard InChI is InChI=1S/C14H27N/c1-11-8-9-14(15,12(2)10-11)13-6-4-3-5-7-13/h11-13H,3-10,15H2,1-2H3. The van der Waals surface area contributed by atoms with Gasteiger partial charge in [0.15, 0.2) is 0 Å². The normalized spacial score (nSPS) is 44.2. The molecule has 0 amide bonds. The third kappa shape index (κ3) is 2.22. The molecular weight excluding hydrogens is 182 g/mol. The molecule has 0 bridgehead atoms. The van der Waals surface area contributed by atoms with Crippen LogP contribution in [0.1, 0.15) is 65.2 Å². The van der Waals surface area contributed by atoms with Gasteiger partial charge in [-0.1, -0.05) is 33.1 Å². The zero-order chi connectivity index (χ0) is 10.9.